The van der Waals surface area contributed by atoms with Crippen LogP contribution in [0, 0.1) is 0 Å². The molecule has 0 saturated heterocycles. The summed E-state index contributed by atoms with van der Waals surface area (Å²) in [6.07, 6.45) is 0.123. The van der Waals surface area contributed by atoms with Crippen molar-refractivity contribution in [1.29, 1.82) is 0 Å². The molecule has 0 aliphatic carbocycles. The van der Waals surface area contributed by atoms with E-state index in [1.807, 2.05) is 29.6 Å². The van der Waals surface area contributed by atoms with E-state index < -0.39 is 0 Å². The van der Waals surface area contributed by atoms with Crippen LogP contribution < -0.4 is 5.32 Å². The molecule has 4 nitrogen and oxygen atoms in total. The molecule has 1 N–H and O–H groups in total. The highest BCUT2D eigenvalue weighted by Crippen LogP contribution is 2.35. The van der Waals surface area contributed by atoms with Gasteiger partial charge < -0.3 is 10.1 Å². The summed E-state index contributed by atoms with van der Waals surface area (Å²) in [5.41, 5.74) is 0.602. The van der Waals surface area contributed by atoms with Crippen LogP contribution in [0.5, 0.6) is 0 Å². The SMILES string of the molecule is O=C(CCNC(=O)c1ccsc1)OCc1sc2ccccc2c1Cl. The number of halogens is 1. The summed E-state index contributed by atoms with van der Waals surface area (Å²) < 4.78 is 6.32. The molecule has 0 aliphatic rings. The molecule has 0 spiro atoms. The minimum atomic E-state index is -0.367. The molecule has 0 aliphatic heterocycles. The Labute approximate surface area is 152 Å². The van der Waals surface area contributed by atoms with Crippen molar-refractivity contribution in [3.05, 3.63) is 56.6 Å². The van der Waals surface area contributed by atoms with Gasteiger partial charge >= 0.3 is 5.97 Å². The average Bonchev–Trinajstić information content (AvgIpc) is 3.22. The fourth-order valence-corrected chi connectivity index (χ4v) is 4.19. The van der Waals surface area contributed by atoms with Crippen LogP contribution in [0.2, 0.25) is 5.02 Å². The third kappa shape index (κ3) is 3.95. The molecule has 1 aromatic carbocycles. The summed E-state index contributed by atoms with van der Waals surface area (Å²) in [6, 6.07) is 9.53. The Hall–Kier alpha value is -1.89. The van der Waals surface area contributed by atoms with Crippen LogP contribution >= 0.6 is 34.3 Å². The van der Waals surface area contributed by atoms with Crippen molar-refractivity contribution in [1.82, 2.24) is 5.32 Å². The third-order valence-corrected chi connectivity index (χ3v) is 5.74. The van der Waals surface area contributed by atoms with Gasteiger partial charge in [0.2, 0.25) is 0 Å². The first kappa shape index (κ1) is 17.0. The van der Waals surface area contributed by atoms with Gasteiger partial charge in [0.25, 0.3) is 5.91 Å². The second-order valence-corrected chi connectivity index (χ2v) is 7.31. The molecular weight excluding hydrogens is 366 g/mol. The molecule has 3 aromatic rings. The van der Waals surface area contributed by atoms with Crippen molar-refractivity contribution in [2.75, 3.05) is 6.54 Å². The van der Waals surface area contributed by atoms with Gasteiger partial charge in [0.05, 0.1) is 16.3 Å². The first-order chi connectivity index (χ1) is 11.6. The number of thiophene rings is 2. The summed E-state index contributed by atoms with van der Waals surface area (Å²) in [6.45, 7) is 0.392. The standard InChI is InChI=1S/C17H14ClNO3S2/c18-16-12-3-1-2-4-13(12)24-14(16)9-22-15(20)5-7-19-17(21)11-6-8-23-10-11/h1-4,6,8,10H,5,7,9H2,(H,19,21). The first-order valence-corrected chi connectivity index (χ1v) is 9.41. The lowest BCUT2D eigenvalue weighted by Crippen LogP contribution is -2.26. The van der Waals surface area contributed by atoms with Crippen LogP contribution in [0.15, 0.2) is 41.1 Å². The maximum atomic E-state index is 11.8. The zero-order valence-corrected chi connectivity index (χ0v) is 15.0. The van der Waals surface area contributed by atoms with Gasteiger partial charge in [-0.2, -0.15) is 11.3 Å². The topological polar surface area (TPSA) is 55.4 Å². The van der Waals surface area contributed by atoms with Gasteiger partial charge in [-0.3, -0.25) is 9.59 Å². The number of fused-ring (bicyclic) bond motifs is 1. The van der Waals surface area contributed by atoms with Gasteiger partial charge in [0.15, 0.2) is 0 Å². The van der Waals surface area contributed by atoms with E-state index in [9.17, 15) is 9.59 Å². The maximum absolute atomic E-state index is 11.8. The Bertz CT molecular complexity index is 858. The fraction of sp³-hybridized carbons (Fsp3) is 0.176. The van der Waals surface area contributed by atoms with Crippen LogP contribution in [0.3, 0.4) is 0 Å². The largest absolute Gasteiger partial charge is 0.460 e. The van der Waals surface area contributed by atoms with Gasteiger partial charge in [-0.05, 0) is 17.5 Å². The molecule has 124 valence electrons. The van der Waals surface area contributed by atoms with Gasteiger partial charge in [-0.1, -0.05) is 29.8 Å². The quantitative estimate of drug-likeness (QED) is 0.642. The molecule has 7 heteroatoms. The van der Waals surface area contributed by atoms with Gasteiger partial charge in [0, 0.05) is 27.6 Å². The van der Waals surface area contributed by atoms with E-state index in [1.54, 1.807) is 11.4 Å². The minimum Gasteiger partial charge on any atom is -0.460 e. The Morgan fingerprint density at radius 3 is 2.79 bits per heavy atom. The van der Waals surface area contributed by atoms with Crippen LogP contribution in [0.4, 0.5) is 0 Å². The Kier molecular flexibility index (Phi) is 5.50. The third-order valence-electron chi connectivity index (χ3n) is 3.36. The number of hydrogen-bond donors (Lipinski definition) is 1. The molecule has 2 heterocycles. The van der Waals surface area contributed by atoms with Crippen molar-refractivity contribution in [2.45, 2.75) is 13.0 Å². The van der Waals surface area contributed by atoms with E-state index in [0.29, 0.717) is 10.6 Å². The zero-order valence-electron chi connectivity index (χ0n) is 12.6. The van der Waals surface area contributed by atoms with Crippen molar-refractivity contribution < 1.29 is 14.3 Å². The lowest BCUT2D eigenvalue weighted by Gasteiger charge is -2.05. The molecule has 0 saturated carbocycles. The minimum absolute atomic E-state index is 0.123. The number of benzene rings is 1. The zero-order chi connectivity index (χ0) is 16.9. The molecule has 0 bridgehead atoms. The maximum Gasteiger partial charge on any atom is 0.307 e. The number of carbonyl (C=O) groups excluding carboxylic acids is 2. The number of hydrogen-bond acceptors (Lipinski definition) is 5. The predicted molar refractivity (Wildman–Crippen MR) is 97.9 cm³/mol. The summed E-state index contributed by atoms with van der Waals surface area (Å²) in [5, 5.41) is 7.89. The summed E-state index contributed by atoms with van der Waals surface area (Å²) in [4.78, 5) is 24.4. The van der Waals surface area contributed by atoms with E-state index in [1.165, 1.54) is 22.7 Å². The highest BCUT2D eigenvalue weighted by molar-refractivity contribution is 7.19. The number of nitrogens with one attached hydrogen (secondary N) is 1. The highest BCUT2D eigenvalue weighted by Gasteiger charge is 2.12. The lowest BCUT2D eigenvalue weighted by molar-refractivity contribution is -0.144. The highest BCUT2D eigenvalue weighted by atomic mass is 35.5. The molecule has 1 amide bonds. The number of amides is 1. The van der Waals surface area contributed by atoms with E-state index in [2.05, 4.69) is 5.32 Å². The van der Waals surface area contributed by atoms with Crippen molar-refractivity contribution in [3.8, 4) is 0 Å². The van der Waals surface area contributed by atoms with Crippen molar-refractivity contribution in [2.24, 2.45) is 0 Å². The smallest absolute Gasteiger partial charge is 0.307 e. The first-order valence-electron chi connectivity index (χ1n) is 7.27. The molecule has 0 atom stereocenters. The van der Waals surface area contributed by atoms with Crippen molar-refractivity contribution in [3.63, 3.8) is 0 Å². The van der Waals surface area contributed by atoms with Crippen LogP contribution in [-0.4, -0.2) is 18.4 Å². The lowest BCUT2D eigenvalue weighted by atomic mass is 10.2. The van der Waals surface area contributed by atoms with E-state index in [-0.39, 0.29) is 31.4 Å². The normalized spacial score (nSPS) is 10.7. The van der Waals surface area contributed by atoms with Crippen LogP contribution in [0.25, 0.3) is 10.1 Å². The van der Waals surface area contributed by atoms with Crippen molar-refractivity contribution >= 4 is 56.2 Å². The second-order valence-electron chi connectivity index (χ2n) is 5.01. The molecular formula is C17H14ClNO3S2. The summed E-state index contributed by atoms with van der Waals surface area (Å²) in [5.74, 6) is -0.550. The molecule has 3 rings (SSSR count). The van der Waals surface area contributed by atoms with Crippen LogP contribution in [-0.2, 0) is 16.1 Å². The Balaban J connectivity index is 1.47. The number of carbonyl (C=O) groups is 2. The van der Waals surface area contributed by atoms with E-state index >= 15 is 0 Å². The summed E-state index contributed by atoms with van der Waals surface area (Å²) in [7, 11) is 0. The Morgan fingerprint density at radius 2 is 2.04 bits per heavy atom. The van der Waals surface area contributed by atoms with E-state index in [4.69, 9.17) is 16.3 Å². The Morgan fingerprint density at radius 1 is 1.21 bits per heavy atom. The van der Waals surface area contributed by atoms with Gasteiger partial charge in [-0.25, -0.2) is 0 Å². The molecule has 24 heavy (non-hydrogen) atoms. The monoisotopic (exact) mass is 379 g/mol. The number of rotatable bonds is 6. The average molecular weight is 380 g/mol. The van der Waals surface area contributed by atoms with Gasteiger partial charge in [0.1, 0.15) is 6.61 Å². The number of ether oxygens (including phenoxy) is 1. The number of esters is 1. The predicted octanol–water partition coefficient (Wildman–Crippen LogP) is 4.48. The molecule has 2 aromatic heterocycles. The molecule has 0 fully saturated rings. The fourth-order valence-electron chi connectivity index (χ4n) is 2.15. The van der Waals surface area contributed by atoms with Crippen LogP contribution in [0.1, 0.15) is 21.7 Å². The summed E-state index contributed by atoms with van der Waals surface area (Å²) >= 11 is 9.27. The van der Waals surface area contributed by atoms with E-state index in [0.717, 1.165) is 15.0 Å². The molecule has 0 radical (unpaired) electrons. The molecule has 0 unspecified atom stereocenters. The van der Waals surface area contributed by atoms with Gasteiger partial charge in [-0.15, -0.1) is 11.3 Å². The second kappa shape index (κ2) is 7.79.